The summed E-state index contributed by atoms with van der Waals surface area (Å²) >= 11 is 0. The number of carbonyl (C=O) groups excluding carboxylic acids is 1. The summed E-state index contributed by atoms with van der Waals surface area (Å²) in [5.74, 6) is 1.55. The number of rotatable bonds is 10. The van der Waals surface area contributed by atoms with Crippen LogP contribution in [-0.2, 0) is 36.8 Å². The molecule has 37 heavy (non-hydrogen) atoms. The number of halogens is 3. The van der Waals surface area contributed by atoms with Gasteiger partial charge in [0, 0.05) is 31.9 Å². The van der Waals surface area contributed by atoms with Gasteiger partial charge in [-0.2, -0.15) is 13.2 Å². The van der Waals surface area contributed by atoms with E-state index in [1.807, 2.05) is 30.0 Å². The van der Waals surface area contributed by atoms with Gasteiger partial charge >= 0.3 is 6.18 Å². The van der Waals surface area contributed by atoms with E-state index in [1.165, 1.54) is 12.1 Å². The second kappa shape index (κ2) is 11.8. The van der Waals surface area contributed by atoms with Crippen molar-refractivity contribution in [2.24, 2.45) is 0 Å². The van der Waals surface area contributed by atoms with E-state index in [1.54, 1.807) is 19.3 Å². The van der Waals surface area contributed by atoms with E-state index in [2.05, 4.69) is 9.97 Å². The number of carbonyl (C=O) groups is 1. The second-order valence-corrected chi connectivity index (χ2v) is 9.55. The molecule has 1 aliphatic heterocycles. The van der Waals surface area contributed by atoms with Crippen LogP contribution in [0.2, 0.25) is 0 Å². The number of fused-ring (bicyclic) bond motifs is 1. The summed E-state index contributed by atoms with van der Waals surface area (Å²) in [5, 5.41) is 0. The van der Waals surface area contributed by atoms with E-state index in [0.29, 0.717) is 25.5 Å². The van der Waals surface area contributed by atoms with E-state index in [-0.39, 0.29) is 11.9 Å². The molecule has 1 unspecified atom stereocenters. The number of Topliss-reactive ketones (excluding diaryl/α,β-unsaturated/α-hetero) is 1. The highest BCUT2D eigenvalue weighted by Crippen LogP contribution is 2.32. The minimum Gasteiger partial charge on any atom is -0.490 e. The molecule has 0 saturated carbocycles. The third-order valence-corrected chi connectivity index (χ3v) is 6.67. The summed E-state index contributed by atoms with van der Waals surface area (Å²) in [6, 6.07) is 11.1. The zero-order chi connectivity index (χ0) is 26.4. The molecule has 0 bridgehead atoms. The van der Waals surface area contributed by atoms with Crippen molar-refractivity contribution in [2.45, 2.75) is 71.2 Å². The van der Waals surface area contributed by atoms with Crippen LogP contribution >= 0.6 is 0 Å². The summed E-state index contributed by atoms with van der Waals surface area (Å²) < 4.78 is 45.2. The van der Waals surface area contributed by atoms with Crippen molar-refractivity contribution in [3.63, 3.8) is 0 Å². The lowest BCUT2D eigenvalue weighted by Crippen LogP contribution is -2.29. The minimum atomic E-state index is -4.36. The third-order valence-electron chi connectivity index (χ3n) is 6.67. The van der Waals surface area contributed by atoms with Crippen LogP contribution in [0.4, 0.5) is 19.1 Å². The maximum atomic E-state index is 13.0. The Kier molecular flexibility index (Phi) is 8.46. The highest BCUT2D eigenvalue weighted by atomic mass is 19.4. The number of anilines is 1. The first-order chi connectivity index (χ1) is 17.7. The predicted molar refractivity (Wildman–Crippen MR) is 137 cm³/mol. The molecule has 2 heterocycles. The van der Waals surface area contributed by atoms with Crippen LogP contribution in [0.25, 0.3) is 0 Å². The maximum absolute atomic E-state index is 13.0. The molecule has 196 valence electrons. The van der Waals surface area contributed by atoms with Crippen molar-refractivity contribution in [3.8, 4) is 5.75 Å². The van der Waals surface area contributed by atoms with Gasteiger partial charge in [-0.25, -0.2) is 9.97 Å². The molecule has 5 nitrogen and oxygen atoms in total. The Labute approximate surface area is 215 Å². The zero-order valence-corrected chi connectivity index (χ0v) is 21.2. The fourth-order valence-corrected chi connectivity index (χ4v) is 4.66. The summed E-state index contributed by atoms with van der Waals surface area (Å²) in [4.78, 5) is 22.6. The van der Waals surface area contributed by atoms with Gasteiger partial charge in [-0.1, -0.05) is 31.2 Å². The van der Waals surface area contributed by atoms with Gasteiger partial charge < -0.3 is 9.64 Å². The Bertz CT molecular complexity index is 1190. The number of ether oxygens (including phenoxy) is 1. The number of hydrogen-bond donors (Lipinski definition) is 0. The van der Waals surface area contributed by atoms with Crippen LogP contribution in [-0.4, -0.2) is 28.4 Å². The summed E-state index contributed by atoms with van der Waals surface area (Å²) in [6.45, 7) is 4.68. The van der Waals surface area contributed by atoms with Gasteiger partial charge in [0.1, 0.15) is 11.5 Å². The Morgan fingerprint density at radius 1 is 1.08 bits per heavy atom. The molecule has 0 N–H and O–H groups in total. The Morgan fingerprint density at radius 2 is 1.81 bits per heavy atom. The molecule has 0 radical (unpaired) electrons. The van der Waals surface area contributed by atoms with Gasteiger partial charge in [0.05, 0.1) is 11.7 Å². The van der Waals surface area contributed by atoms with Crippen molar-refractivity contribution in [2.75, 3.05) is 11.4 Å². The van der Waals surface area contributed by atoms with Crippen molar-refractivity contribution in [1.82, 2.24) is 9.97 Å². The van der Waals surface area contributed by atoms with Crippen LogP contribution in [0, 0.1) is 0 Å². The van der Waals surface area contributed by atoms with Crippen molar-refractivity contribution in [1.29, 1.82) is 0 Å². The largest absolute Gasteiger partial charge is 0.490 e. The van der Waals surface area contributed by atoms with Crippen LogP contribution in [0.5, 0.6) is 5.75 Å². The molecule has 8 heteroatoms. The summed E-state index contributed by atoms with van der Waals surface area (Å²) in [7, 11) is 0. The number of alkyl halides is 3. The number of aromatic nitrogens is 2. The monoisotopic (exact) mass is 511 g/mol. The molecule has 0 saturated heterocycles. The Morgan fingerprint density at radius 3 is 2.46 bits per heavy atom. The lowest BCUT2D eigenvalue weighted by atomic mass is 9.93. The Hall–Kier alpha value is -3.42. The molecule has 1 aromatic heterocycles. The van der Waals surface area contributed by atoms with Gasteiger partial charge in [0.15, 0.2) is 0 Å². The molecule has 2 aromatic carbocycles. The standard InChI is InChI=1S/C29H32F3N3O2/c1-3-21-17-33-28(34-18-21)35(19-22-9-11-24(12-10-22)29(30,31)32)15-5-7-25-13-14-26-23(16-20(2)36)6-4-8-27(26)37-25/h4,6,8-12,17-18,25H,3,5,7,13-16,19H2,1-2H3. The maximum Gasteiger partial charge on any atom is 0.416 e. The van der Waals surface area contributed by atoms with Gasteiger partial charge in [0.2, 0.25) is 5.95 Å². The van der Waals surface area contributed by atoms with Gasteiger partial charge in [-0.15, -0.1) is 0 Å². The van der Waals surface area contributed by atoms with Crippen LogP contribution in [0.15, 0.2) is 54.9 Å². The molecule has 0 fully saturated rings. The zero-order valence-electron chi connectivity index (χ0n) is 21.2. The SMILES string of the molecule is CCc1cnc(N(CCCC2CCc3c(CC(C)=O)cccc3O2)Cc2ccc(C(F)(F)F)cc2)nc1. The first kappa shape index (κ1) is 26.6. The molecule has 0 amide bonds. The predicted octanol–water partition coefficient (Wildman–Crippen LogP) is 6.37. The van der Waals surface area contributed by atoms with Crippen LogP contribution < -0.4 is 9.64 Å². The normalized spacial score (nSPS) is 15.1. The number of ketones is 1. The molecule has 0 spiro atoms. The van der Waals surface area contributed by atoms with Gasteiger partial charge in [-0.3, -0.25) is 4.79 Å². The van der Waals surface area contributed by atoms with Gasteiger partial charge in [-0.05, 0) is 79.5 Å². The quantitative estimate of drug-likeness (QED) is 0.317. The highest BCUT2D eigenvalue weighted by molar-refractivity contribution is 5.78. The fourth-order valence-electron chi connectivity index (χ4n) is 4.66. The lowest BCUT2D eigenvalue weighted by molar-refractivity contribution is -0.137. The first-order valence-corrected chi connectivity index (χ1v) is 12.7. The molecule has 1 aliphatic rings. The molecule has 1 atom stereocenters. The minimum absolute atomic E-state index is 0.0661. The third kappa shape index (κ3) is 7.08. The first-order valence-electron chi connectivity index (χ1n) is 12.7. The number of benzene rings is 2. The van der Waals surface area contributed by atoms with E-state index in [4.69, 9.17) is 4.74 Å². The second-order valence-electron chi connectivity index (χ2n) is 9.55. The smallest absolute Gasteiger partial charge is 0.416 e. The van der Waals surface area contributed by atoms with E-state index in [9.17, 15) is 18.0 Å². The molecular weight excluding hydrogens is 479 g/mol. The number of nitrogens with zero attached hydrogens (tertiary/aromatic N) is 3. The number of hydrogen-bond acceptors (Lipinski definition) is 5. The summed E-state index contributed by atoms with van der Waals surface area (Å²) in [6.07, 6.45) is 3.94. The van der Waals surface area contributed by atoms with E-state index >= 15 is 0 Å². The molecule has 4 rings (SSSR count). The van der Waals surface area contributed by atoms with Gasteiger partial charge in [0.25, 0.3) is 0 Å². The average Bonchev–Trinajstić information content (AvgIpc) is 2.88. The van der Waals surface area contributed by atoms with Crippen LogP contribution in [0.1, 0.15) is 60.9 Å². The van der Waals surface area contributed by atoms with Crippen molar-refractivity contribution in [3.05, 3.63) is 82.7 Å². The summed E-state index contributed by atoms with van der Waals surface area (Å²) in [5.41, 5.74) is 3.29. The average molecular weight is 512 g/mol. The number of aryl methyl sites for hydroxylation is 1. The van der Waals surface area contributed by atoms with Crippen LogP contribution in [0.3, 0.4) is 0 Å². The van der Waals surface area contributed by atoms with E-state index < -0.39 is 11.7 Å². The highest BCUT2D eigenvalue weighted by Gasteiger charge is 2.30. The fraction of sp³-hybridized carbons (Fsp3) is 0.414. The lowest BCUT2D eigenvalue weighted by Gasteiger charge is -2.29. The molecule has 3 aromatic rings. The van der Waals surface area contributed by atoms with Crippen molar-refractivity contribution >= 4 is 11.7 Å². The molecule has 0 aliphatic carbocycles. The topological polar surface area (TPSA) is 55.3 Å². The Balaban J connectivity index is 1.41. The van der Waals surface area contributed by atoms with E-state index in [0.717, 1.165) is 72.2 Å². The molecular formula is C29H32F3N3O2. The van der Waals surface area contributed by atoms with Crippen molar-refractivity contribution < 1.29 is 22.7 Å².